The molecule has 0 aromatic heterocycles. The molecule has 3 saturated heterocycles. The lowest BCUT2D eigenvalue weighted by Gasteiger charge is -2.33. The van der Waals surface area contributed by atoms with E-state index in [1.165, 1.54) is 4.90 Å². The third kappa shape index (κ3) is 4.89. The number of nitrogens with one attached hydrogen (secondary N) is 2. The molecule has 9 nitrogen and oxygen atoms in total. The normalized spacial score (nSPS) is 26.9. The first-order valence-corrected chi connectivity index (χ1v) is 14.0. The van der Waals surface area contributed by atoms with Crippen LogP contribution in [0.2, 0.25) is 0 Å². The van der Waals surface area contributed by atoms with Crippen molar-refractivity contribution in [3.63, 3.8) is 0 Å². The topological polar surface area (TPSA) is 111 Å². The number of hydrogen-bond donors (Lipinski definition) is 3. The summed E-state index contributed by atoms with van der Waals surface area (Å²) in [6.45, 7) is 6.44. The molecule has 208 valence electrons. The Morgan fingerprint density at radius 3 is 2.46 bits per heavy atom. The van der Waals surface area contributed by atoms with Crippen LogP contribution in [0.15, 0.2) is 54.6 Å². The molecule has 3 fully saturated rings. The van der Waals surface area contributed by atoms with Gasteiger partial charge in [0.1, 0.15) is 11.6 Å². The monoisotopic (exact) mass is 534 g/mol. The van der Waals surface area contributed by atoms with Gasteiger partial charge >= 0.3 is 0 Å². The highest BCUT2D eigenvalue weighted by molar-refractivity contribution is 6.03. The number of carbonyl (C=O) groups is 3. The van der Waals surface area contributed by atoms with Gasteiger partial charge in [0.25, 0.3) is 0 Å². The van der Waals surface area contributed by atoms with Crippen LogP contribution in [0.25, 0.3) is 0 Å². The van der Waals surface area contributed by atoms with Crippen LogP contribution in [-0.2, 0) is 25.7 Å². The second-order valence-corrected chi connectivity index (χ2v) is 10.6. The molecule has 3 aliphatic rings. The molecule has 2 aromatic rings. The van der Waals surface area contributed by atoms with E-state index in [1.54, 1.807) is 0 Å². The molecule has 0 radical (unpaired) electrons. The number of fused-ring (bicyclic) bond motifs is 1. The van der Waals surface area contributed by atoms with E-state index >= 15 is 0 Å². The number of amides is 3. The Hall–Kier alpha value is -3.43. The van der Waals surface area contributed by atoms with E-state index in [0.717, 1.165) is 24.3 Å². The lowest BCUT2D eigenvalue weighted by molar-refractivity contribution is -0.141. The Kier molecular flexibility index (Phi) is 7.91. The van der Waals surface area contributed by atoms with Crippen LogP contribution < -0.4 is 15.5 Å². The van der Waals surface area contributed by atoms with Gasteiger partial charge in [-0.25, -0.2) is 0 Å². The van der Waals surface area contributed by atoms with Crippen LogP contribution in [0.3, 0.4) is 0 Å². The second-order valence-electron chi connectivity index (χ2n) is 10.6. The molecule has 2 bridgehead atoms. The fourth-order valence-corrected chi connectivity index (χ4v) is 6.69. The zero-order chi connectivity index (χ0) is 27.6. The zero-order valence-corrected chi connectivity index (χ0v) is 22.6. The molecule has 0 aliphatic carbocycles. The molecule has 1 spiro atoms. The molecule has 5 atom stereocenters. The van der Waals surface area contributed by atoms with E-state index in [1.807, 2.05) is 54.6 Å². The molecule has 2 aromatic carbocycles. The largest absolute Gasteiger partial charge is 0.396 e. The summed E-state index contributed by atoms with van der Waals surface area (Å²) in [6.07, 6.45) is 1.08. The highest BCUT2D eigenvalue weighted by atomic mass is 16.5. The Morgan fingerprint density at radius 1 is 1.08 bits per heavy atom. The van der Waals surface area contributed by atoms with E-state index in [2.05, 4.69) is 29.4 Å². The van der Waals surface area contributed by atoms with Crippen LogP contribution in [-0.4, -0.2) is 71.7 Å². The number of aliphatic hydroxyl groups is 1. The second kappa shape index (κ2) is 11.4. The number of nitrogens with zero attached hydrogens (tertiary/aromatic N) is 2. The van der Waals surface area contributed by atoms with Crippen molar-refractivity contribution in [1.82, 2.24) is 10.2 Å². The number of benzene rings is 2. The zero-order valence-electron chi connectivity index (χ0n) is 22.6. The van der Waals surface area contributed by atoms with Gasteiger partial charge in [-0.15, -0.1) is 0 Å². The van der Waals surface area contributed by atoms with E-state index < -0.39 is 29.6 Å². The lowest BCUT2D eigenvalue weighted by Crippen LogP contribution is -2.53. The van der Waals surface area contributed by atoms with Crippen LogP contribution in [0.1, 0.15) is 38.7 Å². The quantitative estimate of drug-likeness (QED) is 0.409. The molecule has 3 heterocycles. The first kappa shape index (κ1) is 27.1. The van der Waals surface area contributed by atoms with Crippen molar-refractivity contribution in [2.75, 3.05) is 36.5 Å². The number of hydrogen-bond acceptors (Lipinski definition) is 6. The minimum absolute atomic E-state index is 0.104. The van der Waals surface area contributed by atoms with Crippen LogP contribution >= 0.6 is 0 Å². The van der Waals surface area contributed by atoms with Crippen molar-refractivity contribution in [1.29, 1.82) is 0 Å². The number of carbonyl (C=O) groups excluding carboxylic acids is 3. The average molecular weight is 535 g/mol. The SMILES string of the molecule is CCN(CC)c1ccc(NC(=O)C2N(CCCO)C(=O)[C@@H]3[C@@H](C(=O)NCc4ccccc4)[C@H]4CCC23O4)cc1. The Bertz CT molecular complexity index is 1190. The van der Waals surface area contributed by atoms with Gasteiger partial charge in [-0.1, -0.05) is 30.3 Å². The van der Waals surface area contributed by atoms with Gasteiger partial charge in [-0.2, -0.15) is 0 Å². The first-order chi connectivity index (χ1) is 18.9. The van der Waals surface area contributed by atoms with Crippen molar-refractivity contribution in [3.05, 3.63) is 60.2 Å². The minimum Gasteiger partial charge on any atom is -0.396 e. The third-order valence-corrected chi connectivity index (χ3v) is 8.48. The number of aliphatic hydroxyl groups excluding tert-OH is 1. The van der Waals surface area contributed by atoms with Crippen molar-refractivity contribution in [3.8, 4) is 0 Å². The maximum Gasteiger partial charge on any atom is 0.250 e. The molecule has 3 aliphatic heterocycles. The molecule has 5 rings (SSSR count). The Labute approximate surface area is 229 Å². The highest BCUT2D eigenvalue weighted by Gasteiger charge is 2.74. The summed E-state index contributed by atoms with van der Waals surface area (Å²) in [4.78, 5) is 44.8. The molecular weight excluding hydrogens is 496 g/mol. The summed E-state index contributed by atoms with van der Waals surface area (Å²) < 4.78 is 6.45. The Morgan fingerprint density at radius 2 is 1.79 bits per heavy atom. The highest BCUT2D eigenvalue weighted by Crippen LogP contribution is 2.58. The van der Waals surface area contributed by atoms with E-state index in [0.29, 0.717) is 31.5 Å². The summed E-state index contributed by atoms with van der Waals surface area (Å²) in [5.74, 6) is -2.18. The average Bonchev–Trinajstić information content (AvgIpc) is 3.60. The predicted octanol–water partition coefficient (Wildman–Crippen LogP) is 2.54. The van der Waals surface area contributed by atoms with Gasteiger partial charge in [0.15, 0.2) is 0 Å². The maximum absolute atomic E-state index is 13.8. The minimum atomic E-state index is -1.06. The first-order valence-electron chi connectivity index (χ1n) is 14.0. The molecular formula is C30H38N4O5. The van der Waals surface area contributed by atoms with Crippen molar-refractivity contribution < 1.29 is 24.2 Å². The fraction of sp³-hybridized carbons (Fsp3) is 0.500. The van der Waals surface area contributed by atoms with Gasteiger partial charge in [0.2, 0.25) is 17.7 Å². The summed E-state index contributed by atoms with van der Waals surface area (Å²) >= 11 is 0. The Balaban J connectivity index is 1.37. The van der Waals surface area contributed by atoms with E-state index in [-0.39, 0.29) is 30.9 Å². The predicted molar refractivity (Wildman–Crippen MR) is 148 cm³/mol. The molecule has 0 saturated carbocycles. The number of anilines is 2. The standard InChI is InChI=1S/C30H38N4O5/c1-3-33(4-2)22-13-11-21(12-14-22)32-28(37)26-30-16-15-23(39-30)24(25(30)29(38)34(26)17-8-18-35)27(36)31-19-20-9-6-5-7-10-20/h5-7,9-14,23-26,35H,3-4,8,15-19H2,1-2H3,(H,31,36)(H,32,37)/t23-,24+,25+,26?,30?/m1/s1. The van der Waals surface area contributed by atoms with Crippen molar-refractivity contribution >= 4 is 29.1 Å². The number of rotatable bonds is 11. The van der Waals surface area contributed by atoms with Gasteiger partial charge in [0, 0.05) is 44.2 Å². The van der Waals surface area contributed by atoms with Crippen molar-refractivity contribution in [2.24, 2.45) is 11.8 Å². The van der Waals surface area contributed by atoms with E-state index in [4.69, 9.17) is 4.74 Å². The van der Waals surface area contributed by atoms with Crippen molar-refractivity contribution in [2.45, 2.75) is 57.4 Å². The fourth-order valence-electron chi connectivity index (χ4n) is 6.69. The molecule has 3 N–H and O–H groups in total. The lowest BCUT2D eigenvalue weighted by atomic mass is 9.70. The maximum atomic E-state index is 13.8. The molecule has 9 heteroatoms. The van der Waals surface area contributed by atoms with Gasteiger partial charge < -0.3 is 30.3 Å². The molecule has 2 unspecified atom stereocenters. The van der Waals surface area contributed by atoms with Gasteiger partial charge in [0.05, 0.1) is 17.9 Å². The third-order valence-electron chi connectivity index (χ3n) is 8.48. The van der Waals surface area contributed by atoms with Gasteiger partial charge in [-0.3, -0.25) is 14.4 Å². The summed E-state index contributed by atoms with van der Waals surface area (Å²) in [5.41, 5.74) is 1.61. The summed E-state index contributed by atoms with van der Waals surface area (Å²) in [6, 6.07) is 16.4. The smallest absolute Gasteiger partial charge is 0.250 e. The molecule has 39 heavy (non-hydrogen) atoms. The molecule has 3 amide bonds. The van der Waals surface area contributed by atoms with Gasteiger partial charge in [-0.05, 0) is 62.9 Å². The summed E-state index contributed by atoms with van der Waals surface area (Å²) in [5, 5.41) is 15.5. The van der Waals surface area contributed by atoms with Crippen LogP contribution in [0, 0.1) is 11.8 Å². The number of likely N-dealkylation sites (tertiary alicyclic amines) is 1. The summed E-state index contributed by atoms with van der Waals surface area (Å²) in [7, 11) is 0. The van der Waals surface area contributed by atoms with Crippen LogP contribution in [0.5, 0.6) is 0 Å². The number of ether oxygens (including phenoxy) is 1. The van der Waals surface area contributed by atoms with Crippen LogP contribution in [0.4, 0.5) is 11.4 Å². The van der Waals surface area contributed by atoms with E-state index in [9.17, 15) is 19.5 Å².